The summed E-state index contributed by atoms with van der Waals surface area (Å²) in [6.07, 6.45) is 67.1. The average molecular weight is 925 g/mol. The fourth-order valence-corrected chi connectivity index (χ4v) is 8.53. The van der Waals surface area contributed by atoms with E-state index in [-0.39, 0.29) is 24.9 Å². The number of nitrogens with one attached hydrogen (secondary N) is 1. The van der Waals surface area contributed by atoms with Crippen LogP contribution in [0.5, 0.6) is 0 Å². The molecule has 1 amide bonds. The highest BCUT2D eigenvalue weighted by Crippen LogP contribution is 2.18. The maximum absolute atomic E-state index is 13.3. The van der Waals surface area contributed by atoms with Crippen molar-refractivity contribution in [2.75, 3.05) is 6.61 Å². The van der Waals surface area contributed by atoms with Gasteiger partial charge in [0.2, 0.25) is 5.91 Å². The number of aliphatic hydroxyl groups is 2. The van der Waals surface area contributed by atoms with Crippen LogP contribution in [0.15, 0.2) is 60.8 Å². The molecule has 384 valence electrons. The number of rotatable bonds is 51. The Bertz CT molecular complexity index is 1170. The maximum atomic E-state index is 13.3. The molecule has 0 saturated heterocycles. The van der Waals surface area contributed by atoms with Gasteiger partial charge in [-0.25, -0.2) is 0 Å². The van der Waals surface area contributed by atoms with Crippen molar-refractivity contribution in [1.29, 1.82) is 0 Å². The number of carbonyl (C=O) groups excluding carboxylic acids is 2. The van der Waals surface area contributed by atoms with Gasteiger partial charge in [0, 0.05) is 6.42 Å². The molecule has 6 nitrogen and oxygen atoms in total. The molecule has 3 atom stereocenters. The number of ether oxygens (including phenoxy) is 1. The molecule has 0 heterocycles. The second kappa shape index (κ2) is 53.5. The number of carbonyl (C=O) groups is 2. The van der Waals surface area contributed by atoms with E-state index in [1.807, 2.05) is 0 Å². The van der Waals surface area contributed by atoms with Crippen LogP contribution in [0.25, 0.3) is 0 Å². The topological polar surface area (TPSA) is 95.9 Å². The van der Waals surface area contributed by atoms with Crippen LogP contribution >= 0.6 is 0 Å². The first kappa shape index (κ1) is 63.6. The third-order valence-electron chi connectivity index (χ3n) is 12.8. The van der Waals surface area contributed by atoms with E-state index in [4.69, 9.17) is 4.74 Å². The van der Waals surface area contributed by atoms with Crippen LogP contribution in [0.2, 0.25) is 0 Å². The number of amides is 1. The molecule has 0 aliphatic heterocycles. The fraction of sp³-hybridized carbons (Fsp3) is 0.800. The summed E-state index contributed by atoms with van der Waals surface area (Å²) in [5, 5.41) is 23.9. The lowest BCUT2D eigenvalue weighted by Gasteiger charge is -2.24. The number of hydrogen-bond donors (Lipinski definition) is 3. The van der Waals surface area contributed by atoms with Crippen molar-refractivity contribution in [2.45, 2.75) is 302 Å². The normalized spacial score (nSPS) is 13.6. The van der Waals surface area contributed by atoms with Gasteiger partial charge in [-0.15, -0.1) is 0 Å². The van der Waals surface area contributed by atoms with E-state index in [1.54, 1.807) is 0 Å². The Labute approximate surface area is 409 Å². The van der Waals surface area contributed by atoms with E-state index in [9.17, 15) is 19.8 Å². The molecule has 0 aliphatic carbocycles. The quantitative estimate of drug-likeness (QED) is 0.0321. The van der Waals surface area contributed by atoms with E-state index >= 15 is 0 Å². The Hall–Kier alpha value is -2.44. The third kappa shape index (κ3) is 48.0. The lowest BCUT2D eigenvalue weighted by atomic mass is 10.0. The van der Waals surface area contributed by atoms with Crippen molar-refractivity contribution in [3.8, 4) is 0 Å². The Morgan fingerprint density at radius 2 is 0.818 bits per heavy atom. The van der Waals surface area contributed by atoms with E-state index < -0.39 is 18.2 Å². The minimum atomic E-state index is -0.799. The molecule has 0 aromatic heterocycles. The van der Waals surface area contributed by atoms with Crippen LogP contribution in [0.3, 0.4) is 0 Å². The number of unbranched alkanes of at least 4 members (excludes halogenated alkanes) is 29. The minimum Gasteiger partial charge on any atom is -0.462 e. The largest absolute Gasteiger partial charge is 0.462 e. The van der Waals surface area contributed by atoms with Gasteiger partial charge in [0.05, 0.1) is 25.2 Å². The molecular weight excluding hydrogens is 815 g/mol. The monoisotopic (exact) mass is 924 g/mol. The number of hydrogen-bond acceptors (Lipinski definition) is 5. The van der Waals surface area contributed by atoms with Crippen LogP contribution in [0, 0.1) is 0 Å². The SMILES string of the molecule is CC/C=C/C/C=C/C/C=C/C/C=C/CCCCCC(=O)OC(CCCCC/C=C/CCCCCCCCCCC)CC(=O)NC(CO)C(O)CCCCCCCCCCCCCCCCC. The molecule has 3 unspecified atom stereocenters. The second-order valence-corrected chi connectivity index (χ2v) is 19.3. The molecule has 0 bridgehead atoms. The van der Waals surface area contributed by atoms with E-state index in [2.05, 4.69) is 86.8 Å². The van der Waals surface area contributed by atoms with Gasteiger partial charge in [-0.3, -0.25) is 9.59 Å². The van der Waals surface area contributed by atoms with Crippen LogP contribution in [0.4, 0.5) is 0 Å². The van der Waals surface area contributed by atoms with Crippen LogP contribution in [-0.4, -0.2) is 46.9 Å². The summed E-state index contributed by atoms with van der Waals surface area (Å²) in [6, 6.07) is -0.715. The van der Waals surface area contributed by atoms with Crippen molar-refractivity contribution in [1.82, 2.24) is 5.32 Å². The van der Waals surface area contributed by atoms with E-state index in [0.717, 1.165) is 103 Å². The molecule has 0 rings (SSSR count). The fourth-order valence-electron chi connectivity index (χ4n) is 8.53. The lowest BCUT2D eigenvalue weighted by molar-refractivity contribution is -0.151. The van der Waals surface area contributed by atoms with Gasteiger partial charge in [0.1, 0.15) is 6.10 Å². The van der Waals surface area contributed by atoms with E-state index in [1.165, 1.54) is 135 Å². The van der Waals surface area contributed by atoms with Crippen molar-refractivity contribution >= 4 is 11.9 Å². The summed E-state index contributed by atoms with van der Waals surface area (Å²) in [4.78, 5) is 26.2. The number of esters is 1. The van der Waals surface area contributed by atoms with Gasteiger partial charge in [0.25, 0.3) is 0 Å². The number of allylic oxidation sites excluding steroid dienone is 10. The van der Waals surface area contributed by atoms with Gasteiger partial charge in [0.15, 0.2) is 0 Å². The zero-order valence-corrected chi connectivity index (χ0v) is 43.8. The summed E-state index contributed by atoms with van der Waals surface area (Å²) < 4.78 is 5.94. The zero-order chi connectivity index (χ0) is 48.1. The van der Waals surface area contributed by atoms with Crippen LogP contribution in [-0.2, 0) is 14.3 Å². The molecular formula is C60H109NO5. The van der Waals surface area contributed by atoms with Gasteiger partial charge in [-0.05, 0) is 89.9 Å². The van der Waals surface area contributed by atoms with Crippen molar-refractivity contribution in [3.05, 3.63) is 60.8 Å². The minimum absolute atomic E-state index is 0.0540. The van der Waals surface area contributed by atoms with E-state index in [0.29, 0.717) is 19.3 Å². The highest BCUT2D eigenvalue weighted by molar-refractivity contribution is 5.77. The van der Waals surface area contributed by atoms with Crippen LogP contribution < -0.4 is 5.32 Å². The first-order chi connectivity index (χ1) is 32.5. The number of aliphatic hydroxyl groups excluding tert-OH is 2. The highest BCUT2D eigenvalue weighted by Gasteiger charge is 2.24. The Kier molecular flexibility index (Phi) is 51.5. The van der Waals surface area contributed by atoms with Crippen molar-refractivity contribution in [2.24, 2.45) is 0 Å². The van der Waals surface area contributed by atoms with Gasteiger partial charge >= 0.3 is 5.97 Å². The average Bonchev–Trinajstić information content (AvgIpc) is 3.31. The summed E-state index contributed by atoms with van der Waals surface area (Å²) in [6.45, 7) is 6.38. The summed E-state index contributed by atoms with van der Waals surface area (Å²) in [7, 11) is 0. The second-order valence-electron chi connectivity index (χ2n) is 19.3. The predicted molar refractivity (Wildman–Crippen MR) is 287 cm³/mol. The van der Waals surface area contributed by atoms with Gasteiger partial charge < -0.3 is 20.3 Å². The third-order valence-corrected chi connectivity index (χ3v) is 12.8. The molecule has 0 aromatic carbocycles. The van der Waals surface area contributed by atoms with Gasteiger partial charge in [-0.1, -0.05) is 242 Å². The molecule has 66 heavy (non-hydrogen) atoms. The molecule has 3 N–H and O–H groups in total. The van der Waals surface area contributed by atoms with Crippen molar-refractivity contribution in [3.63, 3.8) is 0 Å². The maximum Gasteiger partial charge on any atom is 0.306 e. The first-order valence-electron chi connectivity index (χ1n) is 28.5. The summed E-state index contributed by atoms with van der Waals surface area (Å²) in [5.41, 5.74) is 0. The molecule has 0 aromatic rings. The highest BCUT2D eigenvalue weighted by atomic mass is 16.5. The lowest BCUT2D eigenvalue weighted by Crippen LogP contribution is -2.46. The standard InChI is InChI=1S/C60H109NO5/c1-4-7-10-13-16-19-22-25-28-31-33-36-39-42-45-48-51-56(66-60(65)53-50-47-44-41-38-35-32-29-26-23-20-17-14-11-8-5-2)54-59(64)61-57(55-62)58(63)52-49-46-43-40-37-34-30-27-24-21-18-15-12-9-6-3/h8,11,17,20,26,29,33,35-36,38,56-58,62-63H,4-7,9-10,12-16,18-19,21-25,27-28,30-32,34,37,39-55H2,1-3H3,(H,61,64)/b11-8+,20-17+,29-26+,36-33+,38-35+. The molecule has 6 heteroatoms. The molecule has 0 radical (unpaired) electrons. The zero-order valence-electron chi connectivity index (χ0n) is 43.8. The summed E-state index contributed by atoms with van der Waals surface area (Å²) >= 11 is 0. The Balaban J connectivity index is 4.63. The molecule has 0 spiro atoms. The molecule has 0 aliphatic rings. The molecule has 0 fully saturated rings. The van der Waals surface area contributed by atoms with Gasteiger partial charge in [-0.2, -0.15) is 0 Å². The summed E-state index contributed by atoms with van der Waals surface area (Å²) in [5.74, 6) is -0.519. The smallest absolute Gasteiger partial charge is 0.306 e. The first-order valence-corrected chi connectivity index (χ1v) is 28.5. The van der Waals surface area contributed by atoms with Crippen LogP contribution in [0.1, 0.15) is 284 Å². The Morgan fingerprint density at radius 1 is 0.455 bits per heavy atom. The molecule has 0 saturated carbocycles. The Morgan fingerprint density at radius 3 is 1.27 bits per heavy atom. The predicted octanol–water partition coefficient (Wildman–Crippen LogP) is 17.6. The van der Waals surface area contributed by atoms with Crippen molar-refractivity contribution < 1.29 is 24.5 Å².